The van der Waals surface area contributed by atoms with Gasteiger partial charge in [-0.15, -0.1) is 0 Å². The molecule has 6 nitrogen and oxygen atoms in total. The molecule has 2 aromatic rings. The minimum absolute atomic E-state index is 0.0145. The van der Waals surface area contributed by atoms with E-state index < -0.39 is 0 Å². The summed E-state index contributed by atoms with van der Waals surface area (Å²) in [5, 5.41) is 5.44. The third kappa shape index (κ3) is 4.34. The summed E-state index contributed by atoms with van der Waals surface area (Å²) in [5.41, 5.74) is 2.03. The van der Waals surface area contributed by atoms with Gasteiger partial charge in [-0.2, -0.15) is 0 Å². The van der Waals surface area contributed by atoms with Crippen LogP contribution in [0.15, 0.2) is 22.6 Å². The highest BCUT2D eigenvalue weighted by Gasteiger charge is 2.16. The van der Waals surface area contributed by atoms with Gasteiger partial charge in [0.05, 0.1) is 6.54 Å². The van der Waals surface area contributed by atoms with Gasteiger partial charge in [0.2, 0.25) is 11.8 Å². The predicted molar refractivity (Wildman–Crippen MR) is 91.6 cm³/mol. The van der Waals surface area contributed by atoms with E-state index in [-0.39, 0.29) is 18.4 Å². The van der Waals surface area contributed by atoms with Gasteiger partial charge in [0.25, 0.3) is 0 Å². The molecule has 0 spiro atoms. The monoisotopic (exact) mass is 329 g/mol. The van der Waals surface area contributed by atoms with E-state index in [4.69, 9.17) is 4.42 Å². The Hall–Kier alpha value is -2.37. The van der Waals surface area contributed by atoms with Crippen molar-refractivity contribution in [1.29, 1.82) is 0 Å². The van der Waals surface area contributed by atoms with Gasteiger partial charge in [0.15, 0.2) is 11.5 Å². The number of rotatable bonds is 6. The van der Waals surface area contributed by atoms with E-state index in [1.54, 1.807) is 25.1 Å². The fourth-order valence-corrected chi connectivity index (χ4v) is 3.23. The maximum Gasteiger partial charge on any atom is 0.243 e. The lowest BCUT2D eigenvalue weighted by Gasteiger charge is -2.09. The summed E-state index contributed by atoms with van der Waals surface area (Å²) in [4.78, 5) is 28.0. The first-order chi connectivity index (χ1) is 11.6. The summed E-state index contributed by atoms with van der Waals surface area (Å²) < 4.78 is 5.40. The summed E-state index contributed by atoms with van der Waals surface area (Å²) in [6.45, 7) is 1.76. The van der Waals surface area contributed by atoms with Crippen LogP contribution in [0.1, 0.15) is 44.4 Å². The molecule has 1 saturated carbocycles. The zero-order chi connectivity index (χ0) is 16.9. The van der Waals surface area contributed by atoms with Crippen LogP contribution in [0.2, 0.25) is 0 Å². The average Bonchev–Trinajstić information content (AvgIpc) is 3.18. The molecule has 0 atom stereocenters. The Morgan fingerprint density at radius 3 is 2.83 bits per heavy atom. The van der Waals surface area contributed by atoms with Crippen molar-refractivity contribution in [3.63, 3.8) is 0 Å². The molecular weight excluding hydrogens is 306 g/mol. The molecule has 0 saturated heterocycles. The number of carbonyl (C=O) groups excluding carboxylic acids is 2. The fraction of sp³-hybridized carbons (Fsp3) is 0.500. The fourth-order valence-electron chi connectivity index (χ4n) is 3.23. The Bertz CT molecular complexity index is 732. The minimum Gasteiger partial charge on any atom is -0.441 e. The first-order valence-electron chi connectivity index (χ1n) is 8.54. The van der Waals surface area contributed by atoms with Crippen LogP contribution in [0.5, 0.6) is 0 Å². The number of aryl methyl sites for hydroxylation is 1. The van der Waals surface area contributed by atoms with Gasteiger partial charge in [0.1, 0.15) is 5.52 Å². The second-order valence-corrected chi connectivity index (χ2v) is 6.43. The maximum atomic E-state index is 11.9. The first-order valence-corrected chi connectivity index (χ1v) is 8.54. The van der Waals surface area contributed by atoms with Crippen molar-refractivity contribution in [2.75, 3.05) is 11.9 Å². The molecule has 24 heavy (non-hydrogen) atoms. The van der Waals surface area contributed by atoms with Crippen LogP contribution >= 0.6 is 0 Å². The van der Waals surface area contributed by atoms with Crippen molar-refractivity contribution in [1.82, 2.24) is 10.3 Å². The summed E-state index contributed by atoms with van der Waals surface area (Å²) in [7, 11) is 0. The quantitative estimate of drug-likeness (QED) is 0.852. The number of anilines is 1. The van der Waals surface area contributed by atoms with Crippen molar-refractivity contribution < 1.29 is 14.0 Å². The molecule has 0 unspecified atom stereocenters. The first kappa shape index (κ1) is 16.5. The molecule has 1 aliphatic carbocycles. The van der Waals surface area contributed by atoms with Crippen LogP contribution in [-0.2, 0) is 9.59 Å². The lowest BCUT2D eigenvalue weighted by atomic mass is 10.0. The highest BCUT2D eigenvalue weighted by Crippen LogP contribution is 2.28. The number of carbonyl (C=O) groups is 2. The lowest BCUT2D eigenvalue weighted by molar-refractivity contribution is -0.124. The molecule has 1 heterocycles. The average molecular weight is 329 g/mol. The number of nitrogens with one attached hydrogen (secondary N) is 2. The molecule has 6 heteroatoms. The van der Waals surface area contributed by atoms with E-state index in [2.05, 4.69) is 15.6 Å². The highest BCUT2D eigenvalue weighted by molar-refractivity contribution is 5.95. The van der Waals surface area contributed by atoms with Crippen LogP contribution < -0.4 is 10.6 Å². The van der Waals surface area contributed by atoms with E-state index in [0.717, 1.165) is 6.42 Å². The summed E-state index contributed by atoms with van der Waals surface area (Å²) >= 11 is 0. The predicted octanol–water partition coefficient (Wildman–Crippen LogP) is 3.16. The Morgan fingerprint density at radius 1 is 1.25 bits per heavy atom. The van der Waals surface area contributed by atoms with Gasteiger partial charge in [-0.3, -0.25) is 9.59 Å². The molecule has 2 amide bonds. The molecule has 0 bridgehead atoms. The maximum absolute atomic E-state index is 11.9. The Labute approximate surface area is 141 Å². The second-order valence-electron chi connectivity index (χ2n) is 6.43. The van der Waals surface area contributed by atoms with Gasteiger partial charge in [-0.25, -0.2) is 4.98 Å². The zero-order valence-corrected chi connectivity index (χ0v) is 13.9. The smallest absolute Gasteiger partial charge is 0.243 e. The number of fused-ring (bicyclic) bond motifs is 1. The molecule has 1 aliphatic rings. The van der Waals surface area contributed by atoms with Crippen molar-refractivity contribution in [3.05, 3.63) is 24.1 Å². The highest BCUT2D eigenvalue weighted by atomic mass is 16.3. The van der Waals surface area contributed by atoms with Crippen LogP contribution in [0, 0.1) is 12.8 Å². The molecule has 3 rings (SSSR count). The number of hydrogen-bond donors (Lipinski definition) is 2. The summed E-state index contributed by atoms with van der Waals surface area (Å²) in [6, 6.07) is 5.28. The molecular formula is C18H23N3O3. The van der Waals surface area contributed by atoms with Gasteiger partial charge < -0.3 is 15.1 Å². The molecule has 0 aliphatic heterocycles. The van der Waals surface area contributed by atoms with Crippen molar-refractivity contribution in [2.45, 2.75) is 45.4 Å². The summed E-state index contributed by atoms with van der Waals surface area (Å²) in [5.74, 6) is 0.966. The van der Waals surface area contributed by atoms with Gasteiger partial charge in [-0.1, -0.05) is 25.7 Å². The normalized spacial score (nSPS) is 14.9. The number of oxazole rings is 1. The van der Waals surface area contributed by atoms with Crippen LogP contribution in [0.4, 0.5) is 5.69 Å². The largest absolute Gasteiger partial charge is 0.441 e. The molecule has 1 fully saturated rings. The van der Waals surface area contributed by atoms with Crippen molar-refractivity contribution in [3.8, 4) is 0 Å². The van der Waals surface area contributed by atoms with Crippen molar-refractivity contribution >= 4 is 28.6 Å². The number of benzene rings is 1. The van der Waals surface area contributed by atoms with E-state index in [1.165, 1.54) is 25.7 Å². The third-order valence-electron chi connectivity index (χ3n) is 4.48. The number of nitrogens with zero attached hydrogens (tertiary/aromatic N) is 1. The molecule has 0 radical (unpaired) electrons. The molecule has 2 N–H and O–H groups in total. The zero-order valence-electron chi connectivity index (χ0n) is 13.9. The number of amides is 2. The molecule has 1 aromatic heterocycles. The van der Waals surface area contributed by atoms with E-state index in [0.29, 0.717) is 35.0 Å². The Kier molecular flexibility index (Phi) is 5.13. The Morgan fingerprint density at radius 2 is 2.04 bits per heavy atom. The van der Waals surface area contributed by atoms with E-state index in [9.17, 15) is 9.59 Å². The minimum atomic E-state index is -0.246. The topological polar surface area (TPSA) is 84.2 Å². The molecule has 1 aromatic carbocycles. The van der Waals surface area contributed by atoms with Crippen molar-refractivity contribution in [2.24, 2.45) is 5.92 Å². The van der Waals surface area contributed by atoms with Crippen LogP contribution in [0.3, 0.4) is 0 Å². The second kappa shape index (κ2) is 7.47. The third-order valence-corrected chi connectivity index (χ3v) is 4.48. The number of hydrogen-bond acceptors (Lipinski definition) is 4. The van der Waals surface area contributed by atoms with Crippen LogP contribution in [-0.4, -0.2) is 23.3 Å². The molecule has 128 valence electrons. The van der Waals surface area contributed by atoms with Gasteiger partial charge in [0, 0.05) is 19.0 Å². The Balaban J connectivity index is 1.43. The SMILES string of the molecule is Cc1nc2cc(NC(=O)CNC(=O)CCC3CCCC3)ccc2o1. The van der Waals surface area contributed by atoms with E-state index >= 15 is 0 Å². The lowest BCUT2D eigenvalue weighted by Crippen LogP contribution is -2.32. The number of aromatic nitrogens is 1. The van der Waals surface area contributed by atoms with Crippen LogP contribution in [0.25, 0.3) is 11.1 Å². The van der Waals surface area contributed by atoms with E-state index in [1.807, 2.05) is 0 Å². The summed E-state index contributed by atoms with van der Waals surface area (Å²) in [6.07, 6.45) is 6.46. The van der Waals surface area contributed by atoms with Gasteiger partial charge in [-0.05, 0) is 30.5 Å². The standard InChI is InChI=1S/C18H23N3O3/c1-12-20-15-10-14(7-8-16(15)24-12)21-18(23)11-19-17(22)9-6-13-4-2-3-5-13/h7-8,10,13H,2-6,9,11H2,1H3,(H,19,22)(H,21,23). The van der Waals surface area contributed by atoms with Gasteiger partial charge >= 0.3 is 0 Å².